The third-order valence-corrected chi connectivity index (χ3v) is 2.77. The van der Waals surface area contributed by atoms with E-state index in [4.69, 9.17) is 11.5 Å². The van der Waals surface area contributed by atoms with Crippen molar-refractivity contribution in [2.45, 2.75) is 0 Å². The predicted octanol–water partition coefficient (Wildman–Crippen LogP) is 2.19. The second kappa shape index (κ2) is 3.52. The van der Waals surface area contributed by atoms with Crippen LogP contribution in [0.25, 0.3) is 16.5 Å². The summed E-state index contributed by atoms with van der Waals surface area (Å²) in [5, 5.41) is 6.52. The van der Waals surface area contributed by atoms with Crippen LogP contribution in [0.3, 0.4) is 0 Å². The number of hydrogen-bond donors (Lipinski definition) is 2. The van der Waals surface area contributed by atoms with Crippen LogP contribution in [0.15, 0.2) is 48.7 Å². The van der Waals surface area contributed by atoms with Crippen LogP contribution in [-0.2, 0) is 0 Å². The van der Waals surface area contributed by atoms with Crippen molar-refractivity contribution in [1.29, 1.82) is 0 Å². The SMILES string of the molecule is Nc1cn(-c2ccc3ccccc3c2)nc1N. The molecule has 0 unspecified atom stereocenters. The summed E-state index contributed by atoms with van der Waals surface area (Å²) in [4.78, 5) is 0. The fourth-order valence-corrected chi connectivity index (χ4v) is 1.85. The molecule has 4 nitrogen and oxygen atoms in total. The van der Waals surface area contributed by atoms with Crippen LogP contribution in [0.4, 0.5) is 11.5 Å². The van der Waals surface area contributed by atoms with Gasteiger partial charge in [-0.3, -0.25) is 0 Å². The molecule has 0 atom stereocenters. The molecular formula is C13H12N4. The Morgan fingerprint density at radius 3 is 2.41 bits per heavy atom. The molecule has 0 radical (unpaired) electrons. The predicted molar refractivity (Wildman–Crippen MR) is 69.9 cm³/mol. The minimum absolute atomic E-state index is 0.359. The van der Waals surface area contributed by atoms with Gasteiger partial charge in [0, 0.05) is 0 Å². The number of rotatable bonds is 1. The van der Waals surface area contributed by atoms with E-state index in [1.807, 2.05) is 18.2 Å². The Balaban J connectivity index is 2.17. The van der Waals surface area contributed by atoms with Crippen molar-refractivity contribution in [3.05, 3.63) is 48.7 Å². The summed E-state index contributed by atoms with van der Waals surface area (Å²) in [5.74, 6) is 0.359. The molecule has 1 aromatic heterocycles. The van der Waals surface area contributed by atoms with Crippen LogP contribution in [0.1, 0.15) is 0 Å². The van der Waals surface area contributed by atoms with Gasteiger partial charge in [0.25, 0.3) is 0 Å². The Morgan fingerprint density at radius 2 is 1.71 bits per heavy atom. The van der Waals surface area contributed by atoms with E-state index < -0.39 is 0 Å². The topological polar surface area (TPSA) is 69.9 Å². The average Bonchev–Trinajstić information content (AvgIpc) is 2.69. The minimum atomic E-state index is 0.359. The van der Waals surface area contributed by atoms with E-state index in [-0.39, 0.29) is 0 Å². The molecule has 0 amide bonds. The lowest BCUT2D eigenvalue weighted by Crippen LogP contribution is -1.96. The van der Waals surface area contributed by atoms with Crippen LogP contribution >= 0.6 is 0 Å². The van der Waals surface area contributed by atoms with Crippen molar-refractivity contribution >= 4 is 22.3 Å². The molecule has 0 aliphatic carbocycles. The van der Waals surface area contributed by atoms with Gasteiger partial charge < -0.3 is 11.5 Å². The first kappa shape index (κ1) is 9.72. The van der Waals surface area contributed by atoms with Crippen molar-refractivity contribution in [1.82, 2.24) is 9.78 Å². The van der Waals surface area contributed by atoms with E-state index in [9.17, 15) is 0 Å². The van der Waals surface area contributed by atoms with Crippen molar-refractivity contribution in [2.75, 3.05) is 11.5 Å². The highest BCUT2D eigenvalue weighted by Gasteiger charge is 2.04. The van der Waals surface area contributed by atoms with Gasteiger partial charge in [-0.05, 0) is 22.9 Å². The minimum Gasteiger partial charge on any atom is -0.394 e. The summed E-state index contributed by atoms with van der Waals surface area (Å²) >= 11 is 0. The molecule has 17 heavy (non-hydrogen) atoms. The smallest absolute Gasteiger partial charge is 0.169 e. The largest absolute Gasteiger partial charge is 0.394 e. The van der Waals surface area contributed by atoms with Gasteiger partial charge in [0.1, 0.15) is 0 Å². The summed E-state index contributed by atoms with van der Waals surface area (Å²) in [5.41, 5.74) is 12.8. The Hall–Kier alpha value is -2.49. The molecule has 3 aromatic rings. The molecule has 4 N–H and O–H groups in total. The van der Waals surface area contributed by atoms with Crippen molar-refractivity contribution in [2.24, 2.45) is 0 Å². The van der Waals surface area contributed by atoms with Gasteiger partial charge in [-0.2, -0.15) is 0 Å². The van der Waals surface area contributed by atoms with E-state index >= 15 is 0 Å². The quantitative estimate of drug-likeness (QED) is 0.665. The molecular weight excluding hydrogens is 212 g/mol. The molecule has 0 saturated carbocycles. The second-order valence-corrected chi connectivity index (χ2v) is 3.95. The summed E-state index contributed by atoms with van der Waals surface area (Å²) in [7, 11) is 0. The lowest BCUT2D eigenvalue weighted by atomic mass is 10.1. The Kier molecular flexibility index (Phi) is 2.01. The normalized spacial score (nSPS) is 10.8. The lowest BCUT2D eigenvalue weighted by Gasteiger charge is -2.03. The van der Waals surface area contributed by atoms with Gasteiger partial charge in [-0.25, -0.2) is 4.68 Å². The molecule has 0 saturated heterocycles. The molecule has 0 fully saturated rings. The number of fused-ring (bicyclic) bond motifs is 1. The maximum Gasteiger partial charge on any atom is 0.169 e. The third-order valence-electron chi connectivity index (χ3n) is 2.77. The monoisotopic (exact) mass is 224 g/mol. The molecule has 0 spiro atoms. The maximum absolute atomic E-state index is 5.68. The summed E-state index contributed by atoms with van der Waals surface area (Å²) in [6.07, 6.45) is 1.72. The Morgan fingerprint density at radius 1 is 0.941 bits per heavy atom. The molecule has 4 heteroatoms. The summed E-state index contributed by atoms with van der Waals surface area (Å²) in [6, 6.07) is 14.3. The van der Waals surface area contributed by atoms with Crippen molar-refractivity contribution in [3.8, 4) is 5.69 Å². The molecule has 84 valence electrons. The highest BCUT2D eigenvalue weighted by Crippen LogP contribution is 2.20. The molecule has 3 rings (SSSR count). The zero-order chi connectivity index (χ0) is 11.8. The zero-order valence-corrected chi connectivity index (χ0v) is 9.17. The first-order valence-corrected chi connectivity index (χ1v) is 5.34. The van der Waals surface area contributed by atoms with Crippen LogP contribution in [0.2, 0.25) is 0 Å². The number of hydrogen-bond acceptors (Lipinski definition) is 3. The standard InChI is InChI=1S/C13H12N4/c14-12-8-17(16-13(12)15)11-6-5-9-3-1-2-4-10(9)7-11/h1-8H,14H2,(H2,15,16). The summed E-state index contributed by atoms with van der Waals surface area (Å²) < 4.78 is 1.69. The molecule has 0 bridgehead atoms. The molecule has 0 aliphatic rings. The van der Waals surface area contributed by atoms with E-state index in [1.165, 1.54) is 5.39 Å². The number of nitrogen functional groups attached to an aromatic ring is 2. The van der Waals surface area contributed by atoms with Gasteiger partial charge in [-0.15, -0.1) is 5.10 Å². The summed E-state index contributed by atoms with van der Waals surface area (Å²) in [6.45, 7) is 0. The van der Waals surface area contributed by atoms with Crippen LogP contribution in [-0.4, -0.2) is 9.78 Å². The second-order valence-electron chi connectivity index (χ2n) is 3.95. The van der Waals surface area contributed by atoms with E-state index in [2.05, 4.69) is 29.4 Å². The van der Waals surface area contributed by atoms with Gasteiger partial charge in [0.15, 0.2) is 5.82 Å². The maximum atomic E-state index is 5.68. The zero-order valence-electron chi connectivity index (χ0n) is 9.17. The number of anilines is 2. The molecule has 2 aromatic carbocycles. The molecule has 1 heterocycles. The van der Waals surface area contributed by atoms with Gasteiger partial charge in [-0.1, -0.05) is 30.3 Å². The average molecular weight is 224 g/mol. The van der Waals surface area contributed by atoms with Gasteiger partial charge >= 0.3 is 0 Å². The van der Waals surface area contributed by atoms with Crippen LogP contribution in [0, 0.1) is 0 Å². The number of aromatic nitrogens is 2. The number of nitrogens with two attached hydrogens (primary N) is 2. The molecule has 0 aliphatic heterocycles. The third kappa shape index (κ3) is 1.59. The van der Waals surface area contributed by atoms with E-state index in [0.29, 0.717) is 11.5 Å². The van der Waals surface area contributed by atoms with Crippen LogP contribution in [0.5, 0.6) is 0 Å². The van der Waals surface area contributed by atoms with Crippen molar-refractivity contribution < 1.29 is 0 Å². The Labute approximate surface area is 98.5 Å². The number of benzene rings is 2. The van der Waals surface area contributed by atoms with E-state index in [0.717, 1.165) is 11.1 Å². The Bertz CT molecular complexity index is 665. The van der Waals surface area contributed by atoms with Gasteiger partial charge in [0.2, 0.25) is 0 Å². The van der Waals surface area contributed by atoms with Crippen molar-refractivity contribution in [3.63, 3.8) is 0 Å². The highest BCUT2D eigenvalue weighted by molar-refractivity contribution is 5.84. The fourth-order valence-electron chi connectivity index (χ4n) is 1.85. The van der Waals surface area contributed by atoms with Crippen LogP contribution < -0.4 is 11.5 Å². The lowest BCUT2D eigenvalue weighted by molar-refractivity contribution is 0.888. The highest BCUT2D eigenvalue weighted by atomic mass is 15.3. The first-order chi connectivity index (χ1) is 8.24. The van der Waals surface area contributed by atoms with Gasteiger partial charge in [0.05, 0.1) is 17.6 Å². The number of nitrogens with zero attached hydrogens (tertiary/aromatic N) is 2. The first-order valence-electron chi connectivity index (χ1n) is 5.34. The van der Waals surface area contributed by atoms with E-state index in [1.54, 1.807) is 10.9 Å². The fraction of sp³-hybridized carbons (Fsp3) is 0.